The van der Waals surface area contributed by atoms with Crippen LogP contribution < -0.4 is 0 Å². The second-order valence-electron chi connectivity index (χ2n) is 11.5. The number of aliphatic hydroxyl groups is 3. The van der Waals surface area contributed by atoms with Crippen LogP contribution in [0.3, 0.4) is 0 Å². The molecule has 0 bridgehead atoms. The minimum Gasteiger partial charge on any atom is -0.481 e. The molecule has 0 unspecified atom stereocenters. The van der Waals surface area contributed by atoms with E-state index in [1.807, 2.05) is 38.2 Å². The van der Waals surface area contributed by atoms with E-state index in [0.29, 0.717) is 22.7 Å². The van der Waals surface area contributed by atoms with Crippen molar-refractivity contribution in [3.05, 3.63) is 83.2 Å². The zero-order valence-corrected chi connectivity index (χ0v) is 26.0. The second kappa shape index (κ2) is 17.6. The maximum atomic E-state index is 12.8. The van der Waals surface area contributed by atoms with Crippen molar-refractivity contribution in [2.45, 2.75) is 91.6 Å². The van der Waals surface area contributed by atoms with E-state index in [1.165, 1.54) is 6.08 Å². The van der Waals surface area contributed by atoms with Gasteiger partial charge in [0.2, 0.25) is 0 Å². The Morgan fingerprint density at radius 1 is 1.21 bits per heavy atom. The van der Waals surface area contributed by atoms with Gasteiger partial charge in [0.15, 0.2) is 5.89 Å². The summed E-state index contributed by atoms with van der Waals surface area (Å²) in [5, 5.41) is 42.0. The first-order valence-electron chi connectivity index (χ1n) is 14.7. The number of hydrogen-bond donors (Lipinski definition) is 4. The van der Waals surface area contributed by atoms with E-state index in [4.69, 9.17) is 9.15 Å². The molecule has 7 atom stereocenters. The van der Waals surface area contributed by atoms with E-state index in [2.05, 4.69) is 4.98 Å². The van der Waals surface area contributed by atoms with Gasteiger partial charge in [-0.25, -0.2) is 9.78 Å². The molecule has 9 nitrogen and oxygen atoms in total. The molecule has 0 saturated carbocycles. The molecule has 2 heterocycles. The number of carbonyl (C=O) groups is 2. The van der Waals surface area contributed by atoms with Crippen LogP contribution in [0.25, 0.3) is 6.08 Å². The van der Waals surface area contributed by atoms with Crippen molar-refractivity contribution in [3.63, 3.8) is 0 Å². The summed E-state index contributed by atoms with van der Waals surface area (Å²) >= 11 is 0. The molecule has 236 valence electrons. The minimum atomic E-state index is -0.976. The highest BCUT2D eigenvalue weighted by Gasteiger charge is 2.30. The van der Waals surface area contributed by atoms with Crippen molar-refractivity contribution in [1.82, 2.24) is 4.98 Å². The molecule has 4 N–H and O–H groups in total. The zero-order chi connectivity index (χ0) is 32.1. The molecule has 0 fully saturated rings. The van der Waals surface area contributed by atoms with Crippen LogP contribution in [0.5, 0.6) is 0 Å². The molecular formula is C34H47NO8. The Labute approximate surface area is 254 Å². The van der Waals surface area contributed by atoms with Gasteiger partial charge in [-0.05, 0) is 62.3 Å². The van der Waals surface area contributed by atoms with Crippen molar-refractivity contribution in [2.24, 2.45) is 17.8 Å². The smallest absolute Gasteiger partial charge is 0.330 e. The van der Waals surface area contributed by atoms with Crippen molar-refractivity contribution in [3.8, 4) is 0 Å². The Hall–Kier alpha value is -3.53. The molecule has 0 aliphatic carbocycles. The Kier molecular flexibility index (Phi) is 14.6. The van der Waals surface area contributed by atoms with Crippen molar-refractivity contribution in [1.29, 1.82) is 0 Å². The number of aliphatic carboxylic acids is 1. The highest BCUT2D eigenvalue weighted by Crippen LogP contribution is 2.26. The van der Waals surface area contributed by atoms with Crippen LogP contribution >= 0.6 is 0 Å². The van der Waals surface area contributed by atoms with Gasteiger partial charge in [0, 0.05) is 37.7 Å². The molecular weight excluding hydrogens is 550 g/mol. The molecule has 43 heavy (non-hydrogen) atoms. The Morgan fingerprint density at radius 3 is 2.58 bits per heavy atom. The van der Waals surface area contributed by atoms with Gasteiger partial charge in [0.1, 0.15) is 18.1 Å². The first-order valence-corrected chi connectivity index (χ1v) is 14.7. The highest BCUT2D eigenvalue weighted by molar-refractivity contribution is 5.82. The predicted octanol–water partition coefficient (Wildman–Crippen LogP) is 5.49. The quantitative estimate of drug-likeness (QED) is 0.225. The molecule has 2 rings (SSSR count). The maximum absolute atomic E-state index is 12.8. The number of aromatic nitrogens is 1. The third kappa shape index (κ3) is 12.7. The topological polar surface area (TPSA) is 150 Å². The summed E-state index contributed by atoms with van der Waals surface area (Å²) in [7, 11) is 0. The van der Waals surface area contributed by atoms with Gasteiger partial charge >= 0.3 is 11.9 Å². The first-order chi connectivity index (χ1) is 20.3. The molecule has 0 amide bonds. The SMILES string of the molecule is CC1=CC=C[C@@H](C)[C@H](O)C[C@H](CC(=O)O)CC=CC(=O)O[C@H]([C@H](C)[C@@H](O)/C(C)=C/C=C/C(C)=C/c2coc(C)n2)C[C@@H]1O. The van der Waals surface area contributed by atoms with Crippen LogP contribution in [-0.4, -0.2) is 61.8 Å². The molecule has 0 radical (unpaired) electrons. The highest BCUT2D eigenvalue weighted by atomic mass is 16.5. The number of cyclic esters (lactones) is 1. The van der Waals surface area contributed by atoms with E-state index < -0.39 is 42.3 Å². The lowest BCUT2D eigenvalue weighted by molar-refractivity contribution is -0.148. The van der Waals surface area contributed by atoms with Gasteiger partial charge in [-0.15, -0.1) is 0 Å². The number of ether oxygens (including phenoxy) is 1. The van der Waals surface area contributed by atoms with Gasteiger partial charge < -0.3 is 29.6 Å². The molecule has 0 saturated heterocycles. The number of carboxylic acid groups (broad SMARTS) is 1. The van der Waals surface area contributed by atoms with Gasteiger partial charge in [-0.1, -0.05) is 56.4 Å². The average Bonchev–Trinajstić information content (AvgIpc) is 3.34. The van der Waals surface area contributed by atoms with Crippen LogP contribution in [-0.2, 0) is 14.3 Å². The fourth-order valence-corrected chi connectivity index (χ4v) is 4.81. The van der Waals surface area contributed by atoms with Crippen LogP contribution in [0.4, 0.5) is 0 Å². The third-order valence-electron chi connectivity index (χ3n) is 7.67. The van der Waals surface area contributed by atoms with Gasteiger partial charge in [-0.2, -0.15) is 0 Å². The van der Waals surface area contributed by atoms with Crippen LogP contribution in [0.1, 0.15) is 71.9 Å². The Bertz CT molecular complexity index is 1250. The van der Waals surface area contributed by atoms with Gasteiger partial charge in [0.25, 0.3) is 0 Å². The lowest BCUT2D eigenvalue weighted by Gasteiger charge is -2.30. The van der Waals surface area contributed by atoms with E-state index in [9.17, 15) is 30.0 Å². The maximum Gasteiger partial charge on any atom is 0.330 e. The van der Waals surface area contributed by atoms with Crippen LogP contribution in [0.15, 0.2) is 76.0 Å². The van der Waals surface area contributed by atoms with E-state index >= 15 is 0 Å². The van der Waals surface area contributed by atoms with E-state index in [0.717, 1.165) is 5.57 Å². The van der Waals surface area contributed by atoms with Crippen LogP contribution in [0.2, 0.25) is 0 Å². The monoisotopic (exact) mass is 597 g/mol. The number of esters is 1. The summed E-state index contributed by atoms with van der Waals surface area (Å²) in [6, 6.07) is 0. The lowest BCUT2D eigenvalue weighted by Crippen LogP contribution is -2.36. The molecule has 0 aromatic carbocycles. The summed E-state index contributed by atoms with van der Waals surface area (Å²) in [5.41, 5.74) is 2.94. The van der Waals surface area contributed by atoms with Crippen molar-refractivity contribution >= 4 is 18.0 Å². The summed E-state index contributed by atoms with van der Waals surface area (Å²) in [4.78, 5) is 28.4. The van der Waals surface area contributed by atoms with E-state index in [-0.39, 0.29) is 37.5 Å². The minimum absolute atomic E-state index is 0.0654. The fraction of sp³-hybridized carbons (Fsp3) is 0.500. The fourth-order valence-electron chi connectivity index (χ4n) is 4.81. The molecule has 1 aromatic heterocycles. The predicted molar refractivity (Wildman–Crippen MR) is 166 cm³/mol. The lowest BCUT2D eigenvalue weighted by atomic mass is 9.88. The summed E-state index contributed by atoms with van der Waals surface area (Å²) in [5.74, 6) is -2.20. The molecule has 1 aromatic rings. The number of carboxylic acids is 1. The second-order valence-corrected chi connectivity index (χ2v) is 11.5. The Balaban J connectivity index is 2.26. The van der Waals surface area contributed by atoms with Crippen molar-refractivity contribution in [2.75, 3.05) is 0 Å². The number of aryl methyl sites for hydroxylation is 1. The molecule has 9 heteroatoms. The normalized spacial score (nSPS) is 26.7. The Morgan fingerprint density at radius 2 is 1.93 bits per heavy atom. The standard InChI is InChI=1S/C34H47NO8/c1-21(16-28-20-42-26(6)35-28)10-7-13-24(4)34(41)25(5)31-19-30(37)23(3)12-8-11-22(2)29(36)17-27(18-32(38)39)14-9-15-33(40)43-31/h7-13,15-16,20,22,25,27,29-31,34,36-37,41H,14,17-19H2,1-6H3,(H,38,39)/b10-7+,11-8?,15-9?,21-16+,23-12?,24-13+/t22-,25+,27-,29-,30+,31+,34+/m1/s1. The number of hydrogen-bond acceptors (Lipinski definition) is 8. The van der Waals surface area contributed by atoms with Crippen LogP contribution in [0, 0.1) is 24.7 Å². The zero-order valence-electron chi connectivity index (χ0n) is 26.0. The molecule has 1 aliphatic rings. The number of oxazole rings is 1. The number of rotatable bonds is 8. The number of nitrogens with zero attached hydrogens (tertiary/aromatic N) is 1. The number of allylic oxidation sites excluding steroid dienone is 7. The van der Waals surface area contributed by atoms with Gasteiger partial charge in [0.05, 0.1) is 18.3 Å². The third-order valence-corrected chi connectivity index (χ3v) is 7.67. The summed E-state index contributed by atoms with van der Waals surface area (Å²) < 4.78 is 11.0. The van der Waals surface area contributed by atoms with Gasteiger partial charge in [-0.3, -0.25) is 4.79 Å². The largest absolute Gasteiger partial charge is 0.481 e. The first kappa shape index (κ1) is 35.7. The molecule has 1 aliphatic heterocycles. The van der Waals surface area contributed by atoms with E-state index in [1.54, 1.807) is 58.3 Å². The number of aliphatic hydroxyl groups excluding tert-OH is 3. The molecule has 0 spiro atoms. The summed E-state index contributed by atoms with van der Waals surface area (Å²) in [6.07, 6.45) is 14.0. The number of carbonyl (C=O) groups excluding carboxylic acids is 1. The van der Waals surface area contributed by atoms with Crippen molar-refractivity contribution < 1.29 is 39.2 Å². The average molecular weight is 598 g/mol. The summed E-state index contributed by atoms with van der Waals surface area (Å²) in [6.45, 7) is 10.8.